The van der Waals surface area contributed by atoms with Crippen molar-refractivity contribution in [1.29, 1.82) is 0 Å². The molecular formula is C8H13NO2. The van der Waals surface area contributed by atoms with E-state index in [0.29, 0.717) is 13.0 Å². The van der Waals surface area contributed by atoms with Crippen molar-refractivity contribution in [2.45, 2.75) is 12.8 Å². The molecule has 0 aliphatic heterocycles. The topological polar surface area (TPSA) is 66.5 Å². The largest absolute Gasteiger partial charge is 0.508 e. The van der Waals surface area contributed by atoms with Crippen LogP contribution in [0.5, 0.6) is 0 Å². The molecule has 0 radical (unpaired) electrons. The van der Waals surface area contributed by atoms with Crippen LogP contribution in [0.3, 0.4) is 0 Å². The lowest BCUT2D eigenvalue weighted by atomic mass is 9.95. The molecule has 0 saturated heterocycles. The Morgan fingerprint density at radius 2 is 2.27 bits per heavy atom. The van der Waals surface area contributed by atoms with Gasteiger partial charge in [0.15, 0.2) is 5.76 Å². The maximum absolute atomic E-state index is 9.11. The molecular weight excluding hydrogens is 142 g/mol. The molecule has 0 heterocycles. The first kappa shape index (κ1) is 8.14. The number of aliphatic hydroxyl groups excluding tert-OH is 2. The van der Waals surface area contributed by atoms with Gasteiger partial charge in [-0.05, 0) is 25.0 Å². The Hall–Kier alpha value is -0.960. The van der Waals surface area contributed by atoms with Crippen LogP contribution < -0.4 is 5.73 Å². The van der Waals surface area contributed by atoms with E-state index in [9.17, 15) is 0 Å². The van der Waals surface area contributed by atoms with E-state index in [1.54, 1.807) is 0 Å². The number of nitrogens with two attached hydrogens (primary N) is 1. The third-order valence-electron chi connectivity index (χ3n) is 1.81. The normalized spacial score (nSPS) is 24.3. The molecule has 3 heteroatoms. The van der Waals surface area contributed by atoms with Gasteiger partial charge in [0.2, 0.25) is 0 Å². The van der Waals surface area contributed by atoms with E-state index in [1.165, 1.54) is 6.08 Å². The zero-order chi connectivity index (χ0) is 8.27. The summed E-state index contributed by atoms with van der Waals surface area (Å²) in [5, 5.41) is 18.1. The van der Waals surface area contributed by atoms with E-state index in [2.05, 4.69) is 0 Å². The Bertz CT molecular complexity index is 196. The van der Waals surface area contributed by atoms with E-state index in [4.69, 9.17) is 15.9 Å². The van der Waals surface area contributed by atoms with Gasteiger partial charge in [-0.1, -0.05) is 6.08 Å². The fourth-order valence-electron chi connectivity index (χ4n) is 1.16. The first-order valence-electron chi connectivity index (χ1n) is 3.73. The third-order valence-corrected chi connectivity index (χ3v) is 1.81. The predicted molar refractivity (Wildman–Crippen MR) is 43.2 cm³/mol. The van der Waals surface area contributed by atoms with Gasteiger partial charge in [0.25, 0.3) is 0 Å². The Balaban J connectivity index is 2.52. The smallest absolute Gasteiger partial charge is 0.152 e. The van der Waals surface area contributed by atoms with Crippen molar-refractivity contribution in [2.24, 2.45) is 11.7 Å². The molecule has 11 heavy (non-hydrogen) atoms. The van der Waals surface area contributed by atoms with Gasteiger partial charge in [0, 0.05) is 6.42 Å². The van der Waals surface area contributed by atoms with Crippen LogP contribution in [0.25, 0.3) is 0 Å². The summed E-state index contributed by atoms with van der Waals surface area (Å²) in [6, 6.07) is 0. The Morgan fingerprint density at radius 3 is 2.82 bits per heavy atom. The molecule has 0 aromatic rings. The Morgan fingerprint density at radius 1 is 1.55 bits per heavy atom. The maximum Gasteiger partial charge on any atom is 0.152 e. The molecule has 0 amide bonds. The molecule has 0 aromatic carbocycles. The molecule has 1 aliphatic rings. The predicted octanol–water partition coefficient (Wildman–Crippen LogP) is 1.24. The number of hydrogen-bond acceptors (Lipinski definition) is 3. The van der Waals surface area contributed by atoms with Crippen molar-refractivity contribution >= 4 is 0 Å². The van der Waals surface area contributed by atoms with Gasteiger partial charge in [0.1, 0.15) is 5.76 Å². The molecule has 3 nitrogen and oxygen atoms in total. The third kappa shape index (κ3) is 1.98. The minimum Gasteiger partial charge on any atom is -0.508 e. The van der Waals surface area contributed by atoms with Crippen LogP contribution >= 0.6 is 0 Å². The lowest BCUT2D eigenvalue weighted by Gasteiger charge is -2.15. The van der Waals surface area contributed by atoms with E-state index in [-0.39, 0.29) is 17.4 Å². The van der Waals surface area contributed by atoms with Gasteiger partial charge in [0.05, 0.1) is 0 Å². The van der Waals surface area contributed by atoms with E-state index >= 15 is 0 Å². The van der Waals surface area contributed by atoms with Gasteiger partial charge in [-0.25, -0.2) is 0 Å². The molecule has 0 aromatic heterocycles. The fourth-order valence-corrected chi connectivity index (χ4v) is 1.16. The standard InChI is InChI=1S/C8H13NO2/c9-4-3-6-1-2-7(10)8(11)5-6/h1-2,6,10-11H,3-5,9H2. The van der Waals surface area contributed by atoms with Gasteiger partial charge in [-0.2, -0.15) is 0 Å². The fraction of sp³-hybridized carbons (Fsp3) is 0.500. The van der Waals surface area contributed by atoms with Crippen molar-refractivity contribution < 1.29 is 10.2 Å². The quantitative estimate of drug-likeness (QED) is 0.562. The first-order chi connectivity index (χ1) is 5.24. The molecule has 62 valence electrons. The van der Waals surface area contributed by atoms with E-state index in [1.807, 2.05) is 6.08 Å². The van der Waals surface area contributed by atoms with Crippen molar-refractivity contribution in [2.75, 3.05) is 6.54 Å². The molecule has 0 bridgehead atoms. The summed E-state index contributed by atoms with van der Waals surface area (Å²) >= 11 is 0. The summed E-state index contributed by atoms with van der Waals surface area (Å²) in [6.45, 7) is 0.614. The van der Waals surface area contributed by atoms with Crippen molar-refractivity contribution in [1.82, 2.24) is 0 Å². The van der Waals surface area contributed by atoms with Crippen molar-refractivity contribution in [3.63, 3.8) is 0 Å². The molecule has 0 saturated carbocycles. The zero-order valence-electron chi connectivity index (χ0n) is 6.33. The average Bonchev–Trinajstić information content (AvgIpc) is 1.98. The van der Waals surface area contributed by atoms with Crippen LogP contribution in [-0.4, -0.2) is 16.8 Å². The monoisotopic (exact) mass is 155 g/mol. The first-order valence-corrected chi connectivity index (χ1v) is 3.73. The number of allylic oxidation sites excluding steroid dienone is 3. The summed E-state index contributed by atoms with van der Waals surface area (Å²) < 4.78 is 0. The second-order valence-corrected chi connectivity index (χ2v) is 2.73. The lowest BCUT2D eigenvalue weighted by molar-refractivity contribution is 0.300. The SMILES string of the molecule is NCCC1C=CC(O)=C(O)C1. The van der Waals surface area contributed by atoms with Crippen molar-refractivity contribution in [3.05, 3.63) is 23.7 Å². The Kier molecular flexibility index (Phi) is 2.54. The lowest BCUT2D eigenvalue weighted by Crippen LogP contribution is -2.10. The highest BCUT2D eigenvalue weighted by molar-refractivity contribution is 5.20. The minimum absolute atomic E-state index is 0.0155. The highest BCUT2D eigenvalue weighted by Gasteiger charge is 2.13. The number of rotatable bonds is 2. The number of aliphatic hydroxyl groups is 2. The van der Waals surface area contributed by atoms with Crippen LogP contribution in [0.15, 0.2) is 23.7 Å². The molecule has 1 aliphatic carbocycles. The van der Waals surface area contributed by atoms with Gasteiger partial charge in [-0.3, -0.25) is 0 Å². The summed E-state index contributed by atoms with van der Waals surface area (Å²) in [5.74, 6) is 0.347. The van der Waals surface area contributed by atoms with Crippen molar-refractivity contribution in [3.8, 4) is 0 Å². The highest BCUT2D eigenvalue weighted by Crippen LogP contribution is 2.22. The minimum atomic E-state index is -0.0155. The van der Waals surface area contributed by atoms with E-state index in [0.717, 1.165) is 6.42 Å². The molecule has 0 fully saturated rings. The maximum atomic E-state index is 9.11. The molecule has 1 rings (SSSR count). The van der Waals surface area contributed by atoms with Crippen LogP contribution in [-0.2, 0) is 0 Å². The summed E-state index contributed by atoms with van der Waals surface area (Å²) in [7, 11) is 0. The molecule has 1 atom stereocenters. The van der Waals surface area contributed by atoms with Gasteiger partial charge < -0.3 is 15.9 Å². The molecule has 1 unspecified atom stereocenters. The Labute approximate surface area is 65.8 Å². The molecule has 4 N–H and O–H groups in total. The van der Waals surface area contributed by atoms with Gasteiger partial charge in [-0.15, -0.1) is 0 Å². The van der Waals surface area contributed by atoms with Crippen LogP contribution in [0.1, 0.15) is 12.8 Å². The second-order valence-electron chi connectivity index (χ2n) is 2.73. The average molecular weight is 155 g/mol. The summed E-state index contributed by atoms with van der Waals surface area (Å²) in [6.07, 6.45) is 4.77. The highest BCUT2D eigenvalue weighted by atomic mass is 16.3. The van der Waals surface area contributed by atoms with E-state index < -0.39 is 0 Å². The molecule has 0 spiro atoms. The van der Waals surface area contributed by atoms with Gasteiger partial charge >= 0.3 is 0 Å². The number of hydrogen-bond donors (Lipinski definition) is 3. The van der Waals surface area contributed by atoms with Crippen LogP contribution in [0.4, 0.5) is 0 Å². The van der Waals surface area contributed by atoms with Crippen LogP contribution in [0, 0.1) is 5.92 Å². The zero-order valence-corrected chi connectivity index (χ0v) is 6.33. The second kappa shape index (κ2) is 3.44. The summed E-state index contributed by atoms with van der Waals surface area (Å²) in [5.41, 5.74) is 5.35. The summed E-state index contributed by atoms with van der Waals surface area (Å²) in [4.78, 5) is 0. The van der Waals surface area contributed by atoms with Crippen LogP contribution in [0.2, 0.25) is 0 Å².